The summed E-state index contributed by atoms with van der Waals surface area (Å²) >= 11 is 8.46. The third-order valence-corrected chi connectivity index (χ3v) is 5.54. The predicted octanol–water partition coefficient (Wildman–Crippen LogP) is 5.01. The molecule has 0 saturated carbocycles. The van der Waals surface area contributed by atoms with Gasteiger partial charge in [-0.25, -0.2) is 4.98 Å². The number of nitrogens with one attached hydrogen (secondary N) is 2. The fourth-order valence-corrected chi connectivity index (χ4v) is 3.67. The van der Waals surface area contributed by atoms with Crippen molar-refractivity contribution in [3.8, 4) is 23.0 Å². The van der Waals surface area contributed by atoms with E-state index in [2.05, 4.69) is 31.5 Å². The van der Waals surface area contributed by atoms with Gasteiger partial charge in [0.1, 0.15) is 11.3 Å². The molecule has 0 bridgehead atoms. The number of aromatic nitrogens is 1. The summed E-state index contributed by atoms with van der Waals surface area (Å²) in [6, 6.07) is 13.8. The lowest BCUT2D eigenvalue weighted by Gasteiger charge is -2.10. The van der Waals surface area contributed by atoms with Crippen LogP contribution >= 0.6 is 28.1 Å². The zero-order valence-corrected chi connectivity index (χ0v) is 19.8. The molecule has 0 aliphatic rings. The highest BCUT2D eigenvalue weighted by molar-refractivity contribution is 9.10. The van der Waals surface area contributed by atoms with Gasteiger partial charge in [-0.3, -0.25) is 20.2 Å². The maximum Gasteiger partial charge on any atom is 0.311 e. The third-order valence-electron chi connectivity index (χ3n) is 4.70. The molecule has 1 heterocycles. The molecular weight excluding hydrogens is 528 g/mol. The number of aromatic hydroxyl groups is 1. The van der Waals surface area contributed by atoms with Crippen LogP contribution in [-0.2, 0) is 0 Å². The van der Waals surface area contributed by atoms with Gasteiger partial charge in [-0.1, -0.05) is 0 Å². The number of hydrogen-bond donors (Lipinski definition) is 3. The molecule has 0 spiro atoms. The van der Waals surface area contributed by atoms with Crippen LogP contribution in [0.2, 0.25) is 0 Å². The number of amides is 1. The molecule has 4 rings (SSSR count). The molecule has 3 N–H and O–H groups in total. The Bertz CT molecular complexity index is 1450. The summed E-state index contributed by atoms with van der Waals surface area (Å²) in [5.41, 5.74) is 2.02. The van der Waals surface area contributed by atoms with Gasteiger partial charge in [0.2, 0.25) is 5.89 Å². The normalized spacial score (nSPS) is 10.6. The summed E-state index contributed by atoms with van der Waals surface area (Å²) in [4.78, 5) is 27.5. The standard InChI is InChI=1S/C22H15BrN4O6S/c1-32-19-6-3-11(9-16(19)27(30)31)20(29)26-22(34)24-13-4-7-18-15(10-13)25-21(33-18)12-2-5-17(28)14(23)8-12/h2-10,28H,1H3,(H2,24,26,29,34). The van der Waals surface area contributed by atoms with E-state index in [1.165, 1.54) is 25.3 Å². The summed E-state index contributed by atoms with van der Waals surface area (Å²) in [5, 5.41) is 26.2. The molecule has 3 aromatic carbocycles. The minimum absolute atomic E-state index is 0.00555. The van der Waals surface area contributed by atoms with Crippen LogP contribution in [0.15, 0.2) is 63.5 Å². The van der Waals surface area contributed by atoms with E-state index in [-0.39, 0.29) is 27.9 Å². The summed E-state index contributed by atoms with van der Waals surface area (Å²) in [5.74, 6) is -0.107. The number of thiocarbonyl (C=S) groups is 1. The molecule has 4 aromatic rings. The number of fused-ring (bicyclic) bond motifs is 1. The van der Waals surface area contributed by atoms with Crippen molar-refractivity contribution in [3.63, 3.8) is 0 Å². The minimum atomic E-state index is -0.634. The van der Waals surface area contributed by atoms with Crippen LogP contribution in [0.4, 0.5) is 11.4 Å². The Morgan fingerprint density at radius 2 is 2.00 bits per heavy atom. The first-order valence-corrected chi connectivity index (χ1v) is 10.8. The second kappa shape index (κ2) is 9.45. The van der Waals surface area contributed by atoms with E-state index in [1.54, 1.807) is 30.3 Å². The van der Waals surface area contributed by atoms with Crippen LogP contribution in [0.5, 0.6) is 11.5 Å². The van der Waals surface area contributed by atoms with E-state index in [0.717, 1.165) is 6.07 Å². The Morgan fingerprint density at radius 3 is 2.71 bits per heavy atom. The number of hydrogen-bond acceptors (Lipinski definition) is 8. The van der Waals surface area contributed by atoms with E-state index >= 15 is 0 Å². The summed E-state index contributed by atoms with van der Waals surface area (Å²) in [7, 11) is 1.30. The van der Waals surface area contributed by atoms with Crippen molar-refractivity contribution in [3.05, 3.63) is 74.7 Å². The first-order valence-electron chi connectivity index (χ1n) is 9.59. The fourth-order valence-electron chi connectivity index (χ4n) is 3.08. The van der Waals surface area contributed by atoms with Crippen molar-refractivity contribution in [2.24, 2.45) is 0 Å². The Labute approximate surface area is 205 Å². The average molecular weight is 543 g/mol. The monoisotopic (exact) mass is 542 g/mol. The SMILES string of the molecule is COc1ccc(C(=O)NC(=S)Nc2ccc3oc(-c4ccc(O)c(Br)c4)nc3c2)cc1[N+](=O)[O-]. The summed E-state index contributed by atoms with van der Waals surface area (Å²) < 4.78 is 11.2. The molecular formula is C22H15BrN4O6S. The van der Waals surface area contributed by atoms with Gasteiger partial charge in [-0.05, 0) is 76.7 Å². The van der Waals surface area contributed by atoms with Crippen molar-refractivity contribution in [2.45, 2.75) is 0 Å². The maximum atomic E-state index is 12.5. The van der Waals surface area contributed by atoms with Crippen molar-refractivity contribution in [2.75, 3.05) is 12.4 Å². The van der Waals surface area contributed by atoms with Crippen LogP contribution in [0.25, 0.3) is 22.6 Å². The molecule has 1 amide bonds. The highest BCUT2D eigenvalue weighted by Crippen LogP contribution is 2.32. The molecule has 10 nitrogen and oxygen atoms in total. The van der Waals surface area contributed by atoms with Crippen LogP contribution in [-0.4, -0.2) is 33.1 Å². The van der Waals surface area contributed by atoms with Gasteiger partial charge in [0, 0.05) is 22.9 Å². The number of halogens is 1. The Morgan fingerprint density at radius 1 is 1.21 bits per heavy atom. The van der Waals surface area contributed by atoms with Crippen molar-refractivity contribution >= 4 is 61.6 Å². The van der Waals surface area contributed by atoms with Crippen LogP contribution in [0.1, 0.15) is 10.4 Å². The molecule has 0 radical (unpaired) electrons. The molecule has 0 fully saturated rings. The van der Waals surface area contributed by atoms with Crippen LogP contribution in [0.3, 0.4) is 0 Å². The smallest absolute Gasteiger partial charge is 0.311 e. The predicted molar refractivity (Wildman–Crippen MR) is 132 cm³/mol. The average Bonchev–Trinajstić information content (AvgIpc) is 3.23. The van der Waals surface area contributed by atoms with Gasteiger partial charge in [0.15, 0.2) is 16.4 Å². The number of phenolic OH excluding ortho intramolecular Hbond substituents is 1. The second-order valence-electron chi connectivity index (χ2n) is 6.92. The number of nitrogens with zero attached hydrogens (tertiary/aromatic N) is 2. The first-order chi connectivity index (χ1) is 16.2. The second-order valence-corrected chi connectivity index (χ2v) is 8.18. The number of nitro groups is 1. The zero-order valence-electron chi connectivity index (χ0n) is 17.4. The molecule has 0 saturated heterocycles. The number of rotatable bonds is 5. The maximum absolute atomic E-state index is 12.5. The van der Waals surface area contributed by atoms with Gasteiger partial charge in [0.05, 0.1) is 16.5 Å². The quantitative estimate of drug-likeness (QED) is 0.180. The van der Waals surface area contributed by atoms with E-state index in [9.17, 15) is 20.0 Å². The molecule has 1 aromatic heterocycles. The van der Waals surface area contributed by atoms with Crippen LogP contribution < -0.4 is 15.4 Å². The number of nitro benzene ring substituents is 1. The van der Waals surface area contributed by atoms with Crippen molar-refractivity contribution in [1.29, 1.82) is 0 Å². The molecule has 172 valence electrons. The minimum Gasteiger partial charge on any atom is -0.507 e. The molecule has 34 heavy (non-hydrogen) atoms. The van der Waals surface area contributed by atoms with E-state index in [4.69, 9.17) is 21.4 Å². The third kappa shape index (κ3) is 4.82. The molecule has 0 aliphatic heterocycles. The topological polar surface area (TPSA) is 140 Å². The Hall–Kier alpha value is -4.03. The van der Waals surface area contributed by atoms with Gasteiger partial charge in [-0.15, -0.1) is 0 Å². The number of phenols is 1. The lowest BCUT2D eigenvalue weighted by molar-refractivity contribution is -0.385. The molecule has 12 heteroatoms. The summed E-state index contributed by atoms with van der Waals surface area (Å²) in [6.45, 7) is 0. The number of carbonyl (C=O) groups excluding carboxylic acids is 1. The highest BCUT2D eigenvalue weighted by Gasteiger charge is 2.19. The zero-order chi connectivity index (χ0) is 24.4. The number of ether oxygens (including phenoxy) is 1. The number of benzene rings is 3. The lowest BCUT2D eigenvalue weighted by Crippen LogP contribution is -2.34. The van der Waals surface area contributed by atoms with Gasteiger partial charge in [0.25, 0.3) is 5.91 Å². The summed E-state index contributed by atoms with van der Waals surface area (Å²) in [6.07, 6.45) is 0. The Balaban J connectivity index is 1.48. The first kappa shape index (κ1) is 23.1. The van der Waals surface area contributed by atoms with E-state index < -0.39 is 10.8 Å². The lowest BCUT2D eigenvalue weighted by atomic mass is 10.1. The van der Waals surface area contributed by atoms with Crippen molar-refractivity contribution < 1.29 is 24.0 Å². The van der Waals surface area contributed by atoms with Crippen LogP contribution in [0, 0.1) is 10.1 Å². The van der Waals surface area contributed by atoms with Crippen molar-refractivity contribution in [1.82, 2.24) is 10.3 Å². The molecule has 0 atom stereocenters. The number of oxazole rings is 1. The highest BCUT2D eigenvalue weighted by atomic mass is 79.9. The van der Waals surface area contributed by atoms with Gasteiger partial charge >= 0.3 is 5.69 Å². The van der Waals surface area contributed by atoms with Gasteiger partial charge < -0.3 is 19.6 Å². The fraction of sp³-hybridized carbons (Fsp3) is 0.0455. The van der Waals surface area contributed by atoms with E-state index in [1.807, 2.05) is 0 Å². The van der Waals surface area contributed by atoms with E-state index in [0.29, 0.717) is 32.7 Å². The van der Waals surface area contributed by atoms with Gasteiger partial charge in [-0.2, -0.15) is 0 Å². The Kier molecular flexibility index (Phi) is 6.43. The number of methoxy groups -OCH3 is 1. The molecule has 0 unspecified atom stereocenters. The largest absolute Gasteiger partial charge is 0.507 e. The molecule has 0 aliphatic carbocycles. The number of anilines is 1. The number of carbonyl (C=O) groups is 1.